The predicted octanol–water partition coefficient (Wildman–Crippen LogP) is 4.25. The highest BCUT2D eigenvalue weighted by Crippen LogP contribution is 2.25. The van der Waals surface area contributed by atoms with Crippen molar-refractivity contribution in [3.8, 4) is 11.3 Å². The second-order valence-corrected chi connectivity index (χ2v) is 6.55. The Morgan fingerprint density at radius 1 is 1.03 bits per heavy atom. The fourth-order valence-electron chi connectivity index (χ4n) is 2.81. The van der Waals surface area contributed by atoms with Gasteiger partial charge in [0.1, 0.15) is 23.2 Å². The van der Waals surface area contributed by atoms with Crippen LogP contribution in [-0.4, -0.2) is 30.3 Å². The molecule has 0 aliphatic heterocycles. The van der Waals surface area contributed by atoms with E-state index in [1.807, 2.05) is 0 Å². The number of benzene rings is 2. The van der Waals surface area contributed by atoms with E-state index in [1.165, 1.54) is 36.2 Å². The highest BCUT2D eigenvalue weighted by molar-refractivity contribution is 5.94. The number of rotatable bonds is 7. The number of nitrogens with one attached hydrogen (secondary N) is 1. The van der Waals surface area contributed by atoms with Crippen LogP contribution in [0.1, 0.15) is 12.2 Å². The summed E-state index contributed by atoms with van der Waals surface area (Å²) in [5.74, 6) is -0.564. The molecule has 0 spiro atoms. The zero-order valence-electron chi connectivity index (χ0n) is 15.8. The lowest BCUT2D eigenvalue weighted by Gasteiger charge is -2.16. The fraction of sp³-hybridized carbons (Fsp3) is 0.182. The number of carbonyl (C=O) groups is 2. The lowest BCUT2D eigenvalue weighted by atomic mass is 10.1. The van der Waals surface area contributed by atoms with Gasteiger partial charge in [0.15, 0.2) is 0 Å². The molecule has 1 heterocycles. The highest BCUT2D eigenvalue weighted by atomic mass is 19.1. The molecule has 0 unspecified atom stereocenters. The number of hydrogen-bond donors (Lipinski definition) is 1. The second kappa shape index (κ2) is 9.14. The number of amides is 2. The van der Waals surface area contributed by atoms with Gasteiger partial charge in [-0.3, -0.25) is 9.59 Å². The SMILES string of the molecule is CN(CC(=O)Nc1cccc(F)c1)C(=O)CCc1ccc(-c2ccccc2F)o1. The molecule has 150 valence electrons. The number of likely N-dealkylation sites (N-methyl/N-ethyl adjacent to an activating group) is 1. The van der Waals surface area contributed by atoms with Gasteiger partial charge >= 0.3 is 0 Å². The summed E-state index contributed by atoms with van der Waals surface area (Å²) in [5.41, 5.74) is 0.684. The Bertz CT molecular complexity index is 1020. The van der Waals surface area contributed by atoms with E-state index in [0.717, 1.165) is 0 Å². The van der Waals surface area contributed by atoms with E-state index in [9.17, 15) is 18.4 Å². The van der Waals surface area contributed by atoms with E-state index in [1.54, 1.807) is 36.4 Å². The summed E-state index contributed by atoms with van der Waals surface area (Å²) in [6.07, 6.45) is 0.455. The topological polar surface area (TPSA) is 62.6 Å². The minimum absolute atomic E-state index is 0.133. The summed E-state index contributed by atoms with van der Waals surface area (Å²) in [4.78, 5) is 25.6. The summed E-state index contributed by atoms with van der Waals surface area (Å²) in [5, 5.41) is 2.54. The van der Waals surface area contributed by atoms with Gasteiger partial charge in [0, 0.05) is 25.6 Å². The first kappa shape index (κ1) is 20.3. The van der Waals surface area contributed by atoms with Crippen LogP contribution in [0.5, 0.6) is 0 Å². The predicted molar refractivity (Wildman–Crippen MR) is 105 cm³/mol. The monoisotopic (exact) mass is 398 g/mol. The average molecular weight is 398 g/mol. The van der Waals surface area contributed by atoms with Gasteiger partial charge in [-0.05, 0) is 42.5 Å². The van der Waals surface area contributed by atoms with E-state index in [4.69, 9.17) is 4.42 Å². The van der Waals surface area contributed by atoms with Crippen molar-refractivity contribution in [2.24, 2.45) is 0 Å². The van der Waals surface area contributed by atoms with E-state index < -0.39 is 11.7 Å². The summed E-state index contributed by atoms with van der Waals surface area (Å²) < 4.78 is 32.6. The van der Waals surface area contributed by atoms with Gasteiger partial charge in [-0.15, -0.1) is 0 Å². The van der Waals surface area contributed by atoms with E-state index in [-0.39, 0.29) is 24.7 Å². The summed E-state index contributed by atoms with van der Waals surface area (Å²) in [7, 11) is 1.51. The first-order chi connectivity index (χ1) is 13.9. The van der Waals surface area contributed by atoms with Crippen molar-refractivity contribution in [3.05, 3.63) is 78.1 Å². The molecule has 0 bridgehead atoms. The van der Waals surface area contributed by atoms with Gasteiger partial charge in [0.05, 0.1) is 12.1 Å². The number of furan rings is 1. The van der Waals surface area contributed by atoms with E-state index in [2.05, 4.69) is 5.32 Å². The zero-order valence-corrected chi connectivity index (χ0v) is 15.8. The Balaban J connectivity index is 1.50. The average Bonchev–Trinajstić information content (AvgIpc) is 3.15. The summed E-state index contributed by atoms with van der Waals surface area (Å²) in [6, 6.07) is 15.2. The van der Waals surface area contributed by atoms with Crippen molar-refractivity contribution in [1.29, 1.82) is 0 Å². The van der Waals surface area contributed by atoms with Crippen molar-refractivity contribution in [1.82, 2.24) is 4.90 Å². The van der Waals surface area contributed by atoms with Gasteiger partial charge < -0.3 is 14.6 Å². The van der Waals surface area contributed by atoms with Gasteiger partial charge in [-0.25, -0.2) is 8.78 Å². The number of carbonyl (C=O) groups excluding carboxylic acids is 2. The molecule has 5 nitrogen and oxygen atoms in total. The minimum Gasteiger partial charge on any atom is -0.461 e. The molecule has 0 aliphatic carbocycles. The third-order valence-electron chi connectivity index (χ3n) is 4.30. The Morgan fingerprint density at radius 2 is 1.83 bits per heavy atom. The summed E-state index contributed by atoms with van der Waals surface area (Å²) in [6.45, 7) is -0.159. The Hall–Kier alpha value is -3.48. The van der Waals surface area contributed by atoms with Crippen molar-refractivity contribution < 1.29 is 22.8 Å². The van der Waals surface area contributed by atoms with Crippen LogP contribution in [0.3, 0.4) is 0 Å². The van der Waals surface area contributed by atoms with E-state index >= 15 is 0 Å². The van der Waals surface area contributed by atoms with Crippen LogP contribution in [0, 0.1) is 11.6 Å². The molecule has 7 heteroatoms. The quantitative estimate of drug-likeness (QED) is 0.647. The molecule has 3 aromatic rings. The van der Waals surface area contributed by atoms with E-state index in [0.29, 0.717) is 29.2 Å². The molecule has 2 aromatic carbocycles. The fourth-order valence-corrected chi connectivity index (χ4v) is 2.81. The molecule has 0 saturated heterocycles. The Kier molecular flexibility index (Phi) is 6.39. The maximum absolute atomic E-state index is 13.8. The third kappa shape index (κ3) is 5.51. The highest BCUT2D eigenvalue weighted by Gasteiger charge is 2.15. The molecular weight excluding hydrogens is 378 g/mol. The lowest BCUT2D eigenvalue weighted by Crippen LogP contribution is -2.35. The number of nitrogens with zero attached hydrogens (tertiary/aromatic N) is 1. The molecule has 0 aliphatic rings. The molecule has 0 saturated carbocycles. The van der Waals surface area contributed by atoms with Crippen LogP contribution < -0.4 is 5.32 Å². The maximum atomic E-state index is 13.8. The van der Waals surface area contributed by atoms with Gasteiger partial charge in [0.2, 0.25) is 11.8 Å². The lowest BCUT2D eigenvalue weighted by molar-refractivity contribution is -0.133. The molecule has 2 amide bonds. The van der Waals surface area contributed by atoms with Crippen molar-refractivity contribution in [3.63, 3.8) is 0 Å². The Morgan fingerprint density at radius 3 is 2.59 bits per heavy atom. The molecule has 0 fully saturated rings. The molecule has 1 N–H and O–H groups in total. The molecule has 3 rings (SSSR count). The number of anilines is 1. The number of halogens is 2. The van der Waals surface area contributed by atoms with Crippen LogP contribution in [0.25, 0.3) is 11.3 Å². The first-order valence-electron chi connectivity index (χ1n) is 9.05. The smallest absolute Gasteiger partial charge is 0.243 e. The molecule has 0 radical (unpaired) electrons. The Labute approximate surface area is 166 Å². The standard InChI is InChI=1S/C22H20F2N2O3/c1-26(14-21(27)25-16-6-4-5-15(23)13-16)22(28)12-10-17-9-11-20(29-17)18-7-2-3-8-19(18)24/h2-9,11,13H,10,12,14H2,1H3,(H,25,27). The first-order valence-corrected chi connectivity index (χ1v) is 9.05. The van der Waals surface area contributed by atoms with Gasteiger partial charge in [-0.1, -0.05) is 18.2 Å². The number of aryl methyl sites for hydroxylation is 1. The van der Waals surface area contributed by atoms with Crippen LogP contribution in [0.2, 0.25) is 0 Å². The zero-order chi connectivity index (χ0) is 20.8. The van der Waals surface area contributed by atoms with Crippen molar-refractivity contribution in [2.75, 3.05) is 18.9 Å². The van der Waals surface area contributed by atoms with Crippen molar-refractivity contribution in [2.45, 2.75) is 12.8 Å². The minimum atomic E-state index is -0.458. The largest absolute Gasteiger partial charge is 0.461 e. The van der Waals surface area contributed by atoms with Crippen LogP contribution in [0.4, 0.5) is 14.5 Å². The second-order valence-electron chi connectivity index (χ2n) is 6.55. The normalized spacial score (nSPS) is 10.6. The van der Waals surface area contributed by atoms with Crippen LogP contribution >= 0.6 is 0 Å². The van der Waals surface area contributed by atoms with Crippen LogP contribution in [0.15, 0.2) is 65.1 Å². The molecule has 1 aromatic heterocycles. The molecular formula is C22H20F2N2O3. The number of hydrogen-bond acceptors (Lipinski definition) is 3. The van der Waals surface area contributed by atoms with Gasteiger partial charge in [0.25, 0.3) is 0 Å². The molecule has 29 heavy (non-hydrogen) atoms. The van der Waals surface area contributed by atoms with Gasteiger partial charge in [-0.2, -0.15) is 0 Å². The summed E-state index contributed by atoms with van der Waals surface area (Å²) >= 11 is 0. The third-order valence-corrected chi connectivity index (χ3v) is 4.30. The van der Waals surface area contributed by atoms with Crippen LogP contribution in [-0.2, 0) is 16.0 Å². The molecule has 0 atom stereocenters. The maximum Gasteiger partial charge on any atom is 0.243 e. The van der Waals surface area contributed by atoms with Crippen molar-refractivity contribution >= 4 is 17.5 Å².